The number of ketones is 1. The number of carbonyl (C=O) groups is 1. The van der Waals surface area contributed by atoms with Crippen molar-refractivity contribution in [2.45, 2.75) is 64.4 Å². The van der Waals surface area contributed by atoms with Gasteiger partial charge in [0, 0.05) is 29.4 Å². The minimum Gasteiger partial charge on any atom is -0.507 e. The average molecular weight is 346 g/mol. The Morgan fingerprint density at radius 3 is 2.52 bits per heavy atom. The van der Waals surface area contributed by atoms with Crippen LogP contribution in [0.15, 0.2) is 0 Å². The molecule has 3 aliphatic rings. The quantitative estimate of drug-likeness (QED) is 0.680. The highest BCUT2D eigenvalue weighted by Gasteiger charge is 2.55. The Morgan fingerprint density at radius 1 is 1.12 bits per heavy atom. The largest absolute Gasteiger partial charge is 0.507 e. The van der Waals surface area contributed by atoms with Gasteiger partial charge in [0.15, 0.2) is 17.3 Å². The number of phenolic OH excluding ortho intramolecular Hbond substituents is 2. The Bertz CT molecular complexity index is 766. The van der Waals surface area contributed by atoms with E-state index in [0.717, 1.165) is 19.3 Å². The molecule has 0 amide bonds. The van der Waals surface area contributed by atoms with Crippen LogP contribution in [0.25, 0.3) is 0 Å². The van der Waals surface area contributed by atoms with Gasteiger partial charge in [-0.2, -0.15) is 0 Å². The summed E-state index contributed by atoms with van der Waals surface area (Å²) in [5.74, 6) is 0.180. The van der Waals surface area contributed by atoms with Crippen molar-refractivity contribution in [1.29, 1.82) is 0 Å². The molecule has 3 unspecified atom stereocenters. The van der Waals surface area contributed by atoms with Crippen LogP contribution in [0.1, 0.15) is 67.9 Å². The summed E-state index contributed by atoms with van der Waals surface area (Å²) in [6, 6.07) is 0. The zero-order valence-corrected chi connectivity index (χ0v) is 15.1. The number of ether oxygens (including phenoxy) is 1. The molecule has 0 saturated heterocycles. The van der Waals surface area contributed by atoms with E-state index < -0.39 is 6.10 Å². The molecule has 1 aliphatic heterocycles. The second-order valence-electron chi connectivity index (χ2n) is 8.82. The molecule has 0 aromatic heterocycles. The molecule has 3 N–H and O–H groups in total. The molecule has 5 heteroatoms. The molecule has 2 aliphatic carbocycles. The molecule has 0 bridgehead atoms. The smallest absolute Gasteiger partial charge is 0.168 e. The van der Waals surface area contributed by atoms with Crippen molar-refractivity contribution >= 4 is 5.78 Å². The van der Waals surface area contributed by atoms with Crippen molar-refractivity contribution in [2.24, 2.45) is 11.3 Å². The lowest BCUT2D eigenvalue weighted by Gasteiger charge is -2.53. The summed E-state index contributed by atoms with van der Waals surface area (Å²) in [4.78, 5) is 12.9. The lowest BCUT2D eigenvalue weighted by Crippen LogP contribution is -2.49. The van der Waals surface area contributed by atoms with Crippen molar-refractivity contribution in [3.05, 3.63) is 16.7 Å². The zero-order valence-electron chi connectivity index (χ0n) is 15.1. The summed E-state index contributed by atoms with van der Waals surface area (Å²) >= 11 is 0. The van der Waals surface area contributed by atoms with Gasteiger partial charge in [-0.25, -0.2) is 0 Å². The Hall–Kier alpha value is -1.75. The number of aliphatic hydroxyl groups is 1. The topological polar surface area (TPSA) is 87.0 Å². The standard InChI is InChI=1S/C20H26O5/c1-19(2)5-4-6-20(3)13(19)8-12(22)14-15(20)17(24)18-11(16(14)23)7-10(9-21)25-18/h10,13,21,23-24H,4-9H2,1-3H3. The lowest BCUT2D eigenvalue weighted by atomic mass is 9.50. The van der Waals surface area contributed by atoms with Crippen molar-refractivity contribution in [1.82, 2.24) is 0 Å². The van der Waals surface area contributed by atoms with Gasteiger partial charge in [-0.1, -0.05) is 27.2 Å². The number of phenols is 2. The highest BCUT2D eigenvalue weighted by molar-refractivity contribution is 6.04. The molecule has 0 radical (unpaired) electrons. The van der Waals surface area contributed by atoms with Crippen LogP contribution in [-0.4, -0.2) is 33.8 Å². The predicted octanol–water partition coefficient (Wildman–Crippen LogP) is 3.06. The molecule has 25 heavy (non-hydrogen) atoms. The van der Waals surface area contributed by atoms with Gasteiger partial charge >= 0.3 is 0 Å². The Labute approximate surface area is 147 Å². The molecule has 0 spiro atoms. The lowest BCUT2D eigenvalue weighted by molar-refractivity contribution is 0.0350. The molecule has 1 aromatic carbocycles. The van der Waals surface area contributed by atoms with E-state index in [9.17, 15) is 20.1 Å². The zero-order chi connectivity index (χ0) is 18.1. The molecular weight excluding hydrogens is 320 g/mol. The summed E-state index contributed by atoms with van der Waals surface area (Å²) < 4.78 is 5.67. The number of benzene rings is 1. The fourth-order valence-electron chi connectivity index (χ4n) is 5.64. The maximum atomic E-state index is 12.9. The third-order valence-electron chi connectivity index (χ3n) is 6.89. The molecule has 1 fully saturated rings. The molecule has 1 heterocycles. The van der Waals surface area contributed by atoms with Gasteiger partial charge in [-0.15, -0.1) is 0 Å². The van der Waals surface area contributed by atoms with E-state index in [1.165, 1.54) is 0 Å². The van der Waals surface area contributed by atoms with Crippen molar-refractivity contribution in [3.63, 3.8) is 0 Å². The van der Waals surface area contributed by atoms with E-state index in [4.69, 9.17) is 4.74 Å². The van der Waals surface area contributed by atoms with E-state index in [2.05, 4.69) is 20.8 Å². The number of hydrogen-bond acceptors (Lipinski definition) is 5. The fraction of sp³-hybridized carbons (Fsp3) is 0.650. The van der Waals surface area contributed by atoms with Gasteiger partial charge in [-0.05, 0) is 24.2 Å². The summed E-state index contributed by atoms with van der Waals surface area (Å²) in [6.45, 7) is 6.29. The molecule has 4 rings (SSSR count). The van der Waals surface area contributed by atoms with Crippen LogP contribution < -0.4 is 4.74 Å². The van der Waals surface area contributed by atoms with Gasteiger partial charge in [0.2, 0.25) is 0 Å². The van der Waals surface area contributed by atoms with Crippen LogP contribution >= 0.6 is 0 Å². The van der Waals surface area contributed by atoms with Gasteiger partial charge in [0.05, 0.1) is 12.2 Å². The first-order valence-corrected chi connectivity index (χ1v) is 9.12. The van der Waals surface area contributed by atoms with Crippen molar-refractivity contribution in [3.8, 4) is 17.2 Å². The number of rotatable bonds is 1. The Morgan fingerprint density at radius 2 is 1.84 bits per heavy atom. The van der Waals surface area contributed by atoms with E-state index in [0.29, 0.717) is 24.0 Å². The van der Waals surface area contributed by atoms with Crippen molar-refractivity contribution in [2.75, 3.05) is 6.61 Å². The van der Waals surface area contributed by atoms with Crippen LogP contribution in [-0.2, 0) is 11.8 Å². The first kappa shape index (κ1) is 16.7. The highest BCUT2D eigenvalue weighted by atomic mass is 16.5. The number of hydrogen-bond donors (Lipinski definition) is 3. The van der Waals surface area contributed by atoms with E-state index >= 15 is 0 Å². The van der Waals surface area contributed by atoms with E-state index in [1.54, 1.807) is 0 Å². The molecule has 1 aromatic rings. The summed E-state index contributed by atoms with van der Waals surface area (Å²) in [6.07, 6.45) is 3.15. The minimum atomic E-state index is -0.489. The maximum Gasteiger partial charge on any atom is 0.168 e. The molecule has 1 saturated carbocycles. The van der Waals surface area contributed by atoms with Gasteiger partial charge < -0.3 is 20.1 Å². The second-order valence-corrected chi connectivity index (χ2v) is 8.82. The summed E-state index contributed by atoms with van der Waals surface area (Å²) in [7, 11) is 0. The van der Waals surface area contributed by atoms with Crippen molar-refractivity contribution < 1.29 is 24.9 Å². The van der Waals surface area contributed by atoms with Gasteiger partial charge in [0.25, 0.3) is 0 Å². The highest BCUT2D eigenvalue weighted by Crippen LogP contribution is 2.62. The van der Waals surface area contributed by atoms with Crippen LogP contribution in [0.2, 0.25) is 0 Å². The van der Waals surface area contributed by atoms with E-state index in [1.807, 2.05) is 0 Å². The molecule has 5 nitrogen and oxygen atoms in total. The number of carbonyl (C=O) groups excluding carboxylic acids is 1. The summed E-state index contributed by atoms with van der Waals surface area (Å²) in [5.41, 5.74) is 0.894. The monoisotopic (exact) mass is 346 g/mol. The van der Waals surface area contributed by atoms with Crippen LogP contribution in [0.5, 0.6) is 17.2 Å². The first-order valence-electron chi connectivity index (χ1n) is 9.12. The van der Waals surface area contributed by atoms with E-state index in [-0.39, 0.29) is 52.0 Å². The number of fused-ring (bicyclic) bond motifs is 4. The molecule has 3 atom stereocenters. The maximum absolute atomic E-state index is 12.9. The minimum absolute atomic E-state index is 0.00405. The normalized spacial score (nSPS) is 32.6. The number of Topliss-reactive ketones (excluding diaryl/α,β-unsaturated/α-hetero) is 1. The SMILES string of the molecule is CC1(C)CCCC2(C)c3c(O)c4c(c(O)c3C(=O)CC12)CC(CO)O4. The number of aliphatic hydroxyl groups excluding tert-OH is 1. The summed E-state index contributed by atoms with van der Waals surface area (Å²) in [5, 5.41) is 31.2. The average Bonchev–Trinajstić information content (AvgIpc) is 2.98. The van der Waals surface area contributed by atoms with Crippen LogP contribution in [0, 0.1) is 11.3 Å². The van der Waals surface area contributed by atoms with Crippen LogP contribution in [0.3, 0.4) is 0 Å². The second kappa shape index (κ2) is 5.13. The molecule has 136 valence electrons. The third kappa shape index (κ3) is 2.08. The predicted molar refractivity (Wildman–Crippen MR) is 92.4 cm³/mol. The van der Waals surface area contributed by atoms with Gasteiger partial charge in [0.1, 0.15) is 11.9 Å². The molecular formula is C20H26O5. The Kier molecular flexibility index (Phi) is 3.43. The fourth-order valence-corrected chi connectivity index (χ4v) is 5.64. The Balaban J connectivity index is 1.98. The van der Waals surface area contributed by atoms with Crippen LogP contribution in [0.4, 0.5) is 0 Å². The first-order chi connectivity index (χ1) is 11.7. The van der Waals surface area contributed by atoms with Gasteiger partial charge in [-0.3, -0.25) is 4.79 Å². The number of aromatic hydroxyl groups is 2. The third-order valence-corrected chi connectivity index (χ3v) is 6.89.